The lowest BCUT2D eigenvalue weighted by Crippen LogP contribution is -2.45. The Morgan fingerprint density at radius 2 is 1.90 bits per heavy atom. The summed E-state index contributed by atoms with van der Waals surface area (Å²) < 4.78 is 26.3. The minimum absolute atomic E-state index is 0.0819. The Morgan fingerprint density at radius 1 is 1.25 bits per heavy atom. The maximum absolute atomic E-state index is 11.9. The molecule has 0 bridgehead atoms. The summed E-state index contributed by atoms with van der Waals surface area (Å²) >= 11 is 6.22. The molecule has 0 N–H and O–H groups in total. The summed E-state index contributed by atoms with van der Waals surface area (Å²) in [6.45, 7) is 4.59. The van der Waals surface area contributed by atoms with Crippen LogP contribution in [-0.2, 0) is 33.3 Å². The number of hydrogen-bond acceptors (Lipinski definition) is 7. The summed E-state index contributed by atoms with van der Waals surface area (Å²) in [4.78, 5) is 22.7. The summed E-state index contributed by atoms with van der Waals surface area (Å²) in [6.07, 6.45) is -2.17. The molecular weight excluding hydrogens is 292 g/mol. The standard InChI is InChI=1S/C12H17ClO7/c1-6(14)17-5-7-8-9(20-11(2,3)19-8)12(13,18-7)10(15)16-4/h7-9H,5H2,1-4H3/t7-,8-,9-,12+/m1/s1. The molecule has 0 saturated carbocycles. The summed E-state index contributed by atoms with van der Waals surface area (Å²) in [7, 11) is 1.20. The number of alkyl halides is 1. The Hall–Kier alpha value is -0.890. The van der Waals surface area contributed by atoms with Gasteiger partial charge in [-0.3, -0.25) is 4.79 Å². The van der Waals surface area contributed by atoms with E-state index in [1.807, 2.05) is 0 Å². The highest BCUT2D eigenvalue weighted by atomic mass is 35.5. The van der Waals surface area contributed by atoms with E-state index in [2.05, 4.69) is 4.74 Å². The van der Waals surface area contributed by atoms with E-state index in [1.165, 1.54) is 14.0 Å². The number of halogens is 1. The predicted octanol–water partition coefficient (Wildman–Crippen LogP) is 0.576. The van der Waals surface area contributed by atoms with Crippen molar-refractivity contribution >= 4 is 23.5 Å². The highest BCUT2D eigenvalue weighted by Gasteiger charge is 2.66. The molecule has 20 heavy (non-hydrogen) atoms. The summed E-state index contributed by atoms with van der Waals surface area (Å²) in [5.74, 6) is -2.16. The molecule has 7 nitrogen and oxygen atoms in total. The largest absolute Gasteiger partial charge is 0.466 e. The number of carbonyl (C=O) groups is 2. The third-order valence-corrected chi connectivity index (χ3v) is 3.56. The van der Waals surface area contributed by atoms with E-state index in [4.69, 9.17) is 30.5 Å². The van der Waals surface area contributed by atoms with Crippen molar-refractivity contribution in [3.63, 3.8) is 0 Å². The van der Waals surface area contributed by atoms with Crippen LogP contribution in [0, 0.1) is 0 Å². The highest BCUT2D eigenvalue weighted by Crippen LogP contribution is 2.46. The van der Waals surface area contributed by atoms with Crippen molar-refractivity contribution in [2.75, 3.05) is 13.7 Å². The normalized spacial score (nSPS) is 38.4. The molecule has 2 saturated heterocycles. The Morgan fingerprint density at radius 3 is 2.45 bits per heavy atom. The fourth-order valence-corrected chi connectivity index (χ4v) is 2.69. The zero-order valence-electron chi connectivity index (χ0n) is 11.7. The number of fused-ring (bicyclic) bond motifs is 1. The van der Waals surface area contributed by atoms with E-state index in [0.29, 0.717) is 0 Å². The Balaban J connectivity index is 2.21. The lowest BCUT2D eigenvalue weighted by molar-refractivity contribution is -0.206. The molecule has 0 aromatic carbocycles. The van der Waals surface area contributed by atoms with Crippen LogP contribution in [0.15, 0.2) is 0 Å². The Labute approximate surface area is 121 Å². The molecule has 0 unspecified atom stereocenters. The quantitative estimate of drug-likeness (QED) is 0.557. The van der Waals surface area contributed by atoms with Crippen molar-refractivity contribution in [3.8, 4) is 0 Å². The van der Waals surface area contributed by atoms with Gasteiger partial charge in [-0.1, -0.05) is 11.6 Å². The number of rotatable bonds is 3. The molecule has 0 spiro atoms. The summed E-state index contributed by atoms with van der Waals surface area (Å²) in [5.41, 5.74) is 0. The summed E-state index contributed by atoms with van der Waals surface area (Å²) in [6, 6.07) is 0. The van der Waals surface area contributed by atoms with E-state index >= 15 is 0 Å². The van der Waals surface area contributed by atoms with E-state index in [1.54, 1.807) is 13.8 Å². The van der Waals surface area contributed by atoms with Crippen LogP contribution in [0.4, 0.5) is 0 Å². The average Bonchev–Trinajstić information content (AvgIpc) is 2.80. The second-order valence-corrected chi connectivity index (χ2v) is 5.68. The van der Waals surface area contributed by atoms with Crippen LogP contribution in [0.5, 0.6) is 0 Å². The van der Waals surface area contributed by atoms with Gasteiger partial charge in [-0.15, -0.1) is 0 Å². The molecule has 0 amide bonds. The van der Waals surface area contributed by atoms with Gasteiger partial charge in [0, 0.05) is 6.92 Å². The first-order valence-corrected chi connectivity index (χ1v) is 6.51. The first kappa shape index (κ1) is 15.5. The van der Waals surface area contributed by atoms with Gasteiger partial charge in [0.05, 0.1) is 7.11 Å². The zero-order chi connectivity index (χ0) is 15.1. The molecule has 2 fully saturated rings. The van der Waals surface area contributed by atoms with Crippen molar-refractivity contribution in [1.82, 2.24) is 0 Å². The molecular formula is C12H17ClO7. The first-order valence-electron chi connectivity index (χ1n) is 6.14. The smallest absolute Gasteiger partial charge is 0.357 e. The number of methoxy groups -OCH3 is 1. The minimum Gasteiger partial charge on any atom is -0.466 e. The van der Waals surface area contributed by atoms with Gasteiger partial charge in [-0.25, -0.2) is 4.79 Å². The molecule has 8 heteroatoms. The second-order valence-electron chi connectivity index (χ2n) is 5.12. The average molecular weight is 309 g/mol. The molecule has 2 rings (SSSR count). The van der Waals surface area contributed by atoms with Crippen molar-refractivity contribution in [1.29, 1.82) is 0 Å². The number of esters is 2. The van der Waals surface area contributed by atoms with E-state index < -0.39 is 41.1 Å². The fraction of sp³-hybridized carbons (Fsp3) is 0.833. The minimum atomic E-state index is -1.81. The highest BCUT2D eigenvalue weighted by molar-refractivity contribution is 6.33. The van der Waals surface area contributed by atoms with Gasteiger partial charge in [-0.2, -0.15) is 0 Å². The summed E-state index contributed by atoms with van der Waals surface area (Å²) in [5, 5.41) is -1.81. The number of ether oxygens (including phenoxy) is 5. The molecule has 0 radical (unpaired) electrons. The predicted molar refractivity (Wildman–Crippen MR) is 65.9 cm³/mol. The number of hydrogen-bond donors (Lipinski definition) is 0. The van der Waals surface area contributed by atoms with Gasteiger partial charge in [0.25, 0.3) is 5.06 Å². The van der Waals surface area contributed by atoms with Gasteiger partial charge in [-0.05, 0) is 13.8 Å². The third-order valence-electron chi connectivity index (χ3n) is 3.10. The Kier molecular flexibility index (Phi) is 3.98. The van der Waals surface area contributed by atoms with Crippen LogP contribution in [0.1, 0.15) is 20.8 Å². The SMILES string of the molecule is COC(=O)[C@@]1(Cl)O[C@H](COC(C)=O)[C@H]2OC(C)(C)O[C@H]21. The van der Waals surface area contributed by atoms with E-state index in [0.717, 1.165) is 0 Å². The van der Waals surface area contributed by atoms with Crippen LogP contribution in [0.2, 0.25) is 0 Å². The maximum atomic E-state index is 11.9. The molecule has 0 aromatic heterocycles. The molecule has 114 valence electrons. The molecule has 0 aromatic rings. The van der Waals surface area contributed by atoms with Crippen molar-refractivity contribution in [2.45, 2.75) is 49.9 Å². The third kappa shape index (κ3) is 2.63. The Bertz CT molecular complexity index is 424. The lowest BCUT2D eigenvalue weighted by Gasteiger charge is -2.27. The zero-order valence-corrected chi connectivity index (χ0v) is 12.4. The van der Waals surface area contributed by atoms with E-state index in [9.17, 15) is 9.59 Å². The van der Waals surface area contributed by atoms with Crippen LogP contribution in [0.25, 0.3) is 0 Å². The van der Waals surface area contributed by atoms with Gasteiger partial charge >= 0.3 is 11.9 Å². The van der Waals surface area contributed by atoms with Gasteiger partial charge in [0.1, 0.15) is 24.9 Å². The first-order chi connectivity index (χ1) is 9.19. The second kappa shape index (κ2) is 5.14. The van der Waals surface area contributed by atoms with Crippen molar-refractivity contribution in [2.24, 2.45) is 0 Å². The van der Waals surface area contributed by atoms with Crippen LogP contribution < -0.4 is 0 Å². The van der Waals surface area contributed by atoms with Crippen molar-refractivity contribution < 1.29 is 33.3 Å². The van der Waals surface area contributed by atoms with Gasteiger partial charge in [0.2, 0.25) is 0 Å². The van der Waals surface area contributed by atoms with Gasteiger partial charge < -0.3 is 23.7 Å². The molecule has 2 aliphatic rings. The molecule has 2 heterocycles. The fourth-order valence-electron chi connectivity index (χ4n) is 2.33. The monoisotopic (exact) mass is 308 g/mol. The number of carbonyl (C=O) groups excluding carboxylic acids is 2. The molecule has 0 aliphatic carbocycles. The van der Waals surface area contributed by atoms with Crippen molar-refractivity contribution in [3.05, 3.63) is 0 Å². The van der Waals surface area contributed by atoms with Crippen LogP contribution in [-0.4, -0.2) is 54.8 Å². The molecule has 2 aliphatic heterocycles. The topological polar surface area (TPSA) is 80.3 Å². The lowest BCUT2D eigenvalue weighted by atomic mass is 10.1. The van der Waals surface area contributed by atoms with Crippen LogP contribution >= 0.6 is 11.6 Å². The van der Waals surface area contributed by atoms with E-state index in [-0.39, 0.29) is 6.61 Å². The van der Waals surface area contributed by atoms with Gasteiger partial charge in [0.15, 0.2) is 5.79 Å². The van der Waals surface area contributed by atoms with Crippen LogP contribution in [0.3, 0.4) is 0 Å². The maximum Gasteiger partial charge on any atom is 0.357 e. The molecule has 4 atom stereocenters.